The van der Waals surface area contributed by atoms with Crippen LogP contribution in [0.4, 0.5) is 15.9 Å². The number of benzene rings is 3. The second-order valence-electron chi connectivity index (χ2n) is 9.56. The lowest BCUT2D eigenvalue weighted by molar-refractivity contribution is 0.261. The molecule has 9 heteroatoms. The van der Waals surface area contributed by atoms with Crippen LogP contribution in [0.3, 0.4) is 0 Å². The first-order valence-electron chi connectivity index (χ1n) is 12.5. The Morgan fingerprint density at radius 1 is 0.946 bits per heavy atom. The molecule has 1 aromatic heterocycles. The van der Waals surface area contributed by atoms with E-state index in [1.54, 1.807) is 11.5 Å². The molecule has 0 saturated carbocycles. The van der Waals surface area contributed by atoms with Crippen molar-refractivity contribution in [2.75, 3.05) is 41.9 Å². The molecule has 2 heterocycles. The minimum atomic E-state index is -3.85. The van der Waals surface area contributed by atoms with Crippen LogP contribution in [0.2, 0.25) is 0 Å². The van der Waals surface area contributed by atoms with Gasteiger partial charge in [-0.15, -0.1) is 0 Å². The van der Waals surface area contributed by atoms with E-state index in [1.807, 2.05) is 44.2 Å². The zero-order valence-electron chi connectivity index (χ0n) is 21.0. The average Bonchev–Trinajstić information content (AvgIpc) is 3.33. The monoisotopic (exact) mass is 538 g/mol. The van der Waals surface area contributed by atoms with Gasteiger partial charge in [0.15, 0.2) is 0 Å². The maximum Gasteiger partial charge on any atom is 0.264 e. The van der Waals surface area contributed by atoms with Crippen molar-refractivity contribution in [3.05, 3.63) is 84.2 Å². The number of nitrogens with zero attached hydrogens (tertiary/aromatic N) is 4. The van der Waals surface area contributed by atoms with Crippen LogP contribution in [-0.4, -0.2) is 56.5 Å². The molecule has 4 aromatic rings. The number of rotatable bonds is 8. The zero-order valence-corrected chi connectivity index (χ0v) is 22.7. The van der Waals surface area contributed by atoms with E-state index in [0.717, 1.165) is 50.5 Å². The molecule has 1 fully saturated rings. The van der Waals surface area contributed by atoms with Crippen LogP contribution >= 0.6 is 11.5 Å². The third-order valence-corrected chi connectivity index (χ3v) is 9.62. The fourth-order valence-corrected chi connectivity index (χ4v) is 7.40. The molecular weight excluding hydrogens is 507 g/mol. The van der Waals surface area contributed by atoms with Gasteiger partial charge in [-0.1, -0.05) is 30.3 Å². The first-order valence-corrected chi connectivity index (χ1v) is 14.8. The van der Waals surface area contributed by atoms with Gasteiger partial charge in [-0.25, -0.2) is 12.8 Å². The molecule has 6 nitrogen and oxygen atoms in total. The van der Waals surface area contributed by atoms with Gasteiger partial charge < -0.3 is 4.90 Å². The standard InChI is InChI=1S/C28H31FN4O2S2/c1-21(2)33(37(34,35)24-13-11-23(29)12-14-24)26-9-5-3-7-22(26)15-16-31-17-19-32(20-18-31)28-25-8-4-6-10-27(25)36-30-28/h3-14,21H,15-20H2,1-2H3. The highest BCUT2D eigenvalue weighted by atomic mass is 32.2. The molecule has 5 rings (SSSR count). The van der Waals surface area contributed by atoms with E-state index >= 15 is 0 Å². The normalized spacial score (nSPS) is 15.0. The number of para-hydroxylation sites is 1. The summed E-state index contributed by atoms with van der Waals surface area (Å²) in [7, 11) is -3.85. The molecule has 0 atom stereocenters. The van der Waals surface area contributed by atoms with Crippen molar-refractivity contribution in [1.82, 2.24) is 9.27 Å². The number of fused-ring (bicyclic) bond motifs is 1. The number of hydrogen-bond donors (Lipinski definition) is 0. The Morgan fingerprint density at radius 3 is 2.35 bits per heavy atom. The van der Waals surface area contributed by atoms with Crippen molar-refractivity contribution in [2.45, 2.75) is 31.2 Å². The van der Waals surface area contributed by atoms with Gasteiger partial charge in [0.1, 0.15) is 11.6 Å². The van der Waals surface area contributed by atoms with Crippen LogP contribution in [-0.2, 0) is 16.4 Å². The molecule has 1 saturated heterocycles. The number of piperazine rings is 1. The van der Waals surface area contributed by atoms with Crippen LogP contribution in [0, 0.1) is 5.82 Å². The lowest BCUT2D eigenvalue weighted by atomic mass is 10.1. The number of anilines is 2. The number of hydrogen-bond acceptors (Lipinski definition) is 6. The van der Waals surface area contributed by atoms with E-state index in [-0.39, 0.29) is 10.9 Å². The molecule has 0 amide bonds. The van der Waals surface area contributed by atoms with Crippen molar-refractivity contribution in [3.8, 4) is 0 Å². The Bertz CT molecular complexity index is 1460. The lowest BCUT2D eigenvalue weighted by Crippen LogP contribution is -2.47. The fraction of sp³-hybridized carbons (Fsp3) is 0.321. The third kappa shape index (κ3) is 5.35. The maximum atomic E-state index is 13.6. The van der Waals surface area contributed by atoms with Crippen molar-refractivity contribution in [1.29, 1.82) is 0 Å². The van der Waals surface area contributed by atoms with Crippen LogP contribution in [0.5, 0.6) is 0 Å². The lowest BCUT2D eigenvalue weighted by Gasteiger charge is -2.35. The number of aromatic nitrogens is 1. The van der Waals surface area contributed by atoms with Gasteiger partial charge in [0.05, 0.1) is 15.3 Å². The van der Waals surface area contributed by atoms with Gasteiger partial charge in [-0.3, -0.25) is 9.21 Å². The maximum absolute atomic E-state index is 13.6. The first-order chi connectivity index (χ1) is 17.8. The third-order valence-electron chi connectivity index (χ3n) is 6.80. The van der Waals surface area contributed by atoms with Crippen molar-refractivity contribution in [3.63, 3.8) is 0 Å². The van der Waals surface area contributed by atoms with Gasteiger partial charge in [0, 0.05) is 44.2 Å². The summed E-state index contributed by atoms with van der Waals surface area (Å²) in [5, 5.41) is 1.21. The van der Waals surface area contributed by atoms with Crippen LogP contribution in [0.1, 0.15) is 19.4 Å². The Labute approximate surface area is 222 Å². The SMILES string of the molecule is CC(C)N(c1ccccc1CCN1CCN(c2nsc3ccccc23)CC1)S(=O)(=O)c1ccc(F)cc1. The molecule has 194 valence electrons. The number of sulfonamides is 1. The predicted octanol–water partition coefficient (Wildman–Crippen LogP) is 5.40. The Balaban J connectivity index is 1.29. The predicted molar refractivity (Wildman–Crippen MR) is 150 cm³/mol. The smallest absolute Gasteiger partial charge is 0.264 e. The van der Waals surface area contributed by atoms with Crippen LogP contribution in [0.15, 0.2) is 77.7 Å². The van der Waals surface area contributed by atoms with Gasteiger partial charge in [0.25, 0.3) is 10.0 Å². The molecule has 1 aliphatic heterocycles. The Hall–Kier alpha value is -3.01. The minimum absolute atomic E-state index is 0.0862. The van der Waals surface area contributed by atoms with E-state index in [1.165, 1.54) is 38.7 Å². The van der Waals surface area contributed by atoms with Crippen LogP contribution in [0.25, 0.3) is 10.1 Å². The van der Waals surface area contributed by atoms with Gasteiger partial charge in [0.2, 0.25) is 0 Å². The topological polar surface area (TPSA) is 56.8 Å². The second kappa shape index (κ2) is 10.8. The Morgan fingerprint density at radius 2 is 1.62 bits per heavy atom. The van der Waals surface area contributed by atoms with E-state index in [4.69, 9.17) is 4.37 Å². The summed E-state index contributed by atoms with van der Waals surface area (Å²) in [4.78, 5) is 4.87. The van der Waals surface area contributed by atoms with E-state index < -0.39 is 15.8 Å². The molecule has 37 heavy (non-hydrogen) atoms. The van der Waals surface area contributed by atoms with E-state index in [2.05, 4.69) is 28.0 Å². The summed E-state index contributed by atoms with van der Waals surface area (Å²) >= 11 is 1.55. The van der Waals surface area contributed by atoms with Crippen LogP contribution < -0.4 is 9.21 Å². The van der Waals surface area contributed by atoms with Gasteiger partial charge >= 0.3 is 0 Å². The van der Waals surface area contributed by atoms with Gasteiger partial charge in [-0.2, -0.15) is 4.37 Å². The summed E-state index contributed by atoms with van der Waals surface area (Å²) in [6.45, 7) is 8.23. The first kappa shape index (κ1) is 25.6. The summed E-state index contributed by atoms with van der Waals surface area (Å²) in [5.74, 6) is 0.614. The minimum Gasteiger partial charge on any atom is -0.353 e. The van der Waals surface area contributed by atoms with Crippen molar-refractivity contribution < 1.29 is 12.8 Å². The molecule has 0 bridgehead atoms. The van der Waals surface area contributed by atoms with E-state index in [0.29, 0.717) is 5.69 Å². The molecule has 0 radical (unpaired) electrons. The van der Waals surface area contributed by atoms with Crippen molar-refractivity contribution >= 4 is 43.1 Å². The summed E-state index contributed by atoms with van der Waals surface area (Å²) < 4.78 is 48.0. The summed E-state index contributed by atoms with van der Waals surface area (Å²) in [5.41, 5.74) is 1.66. The largest absolute Gasteiger partial charge is 0.353 e. The molecule has 0 aliphatic carbocycles. The Kier molecular flexibility index (Phi) is 7.46. The molecule has 1 aliphatic rings. The molecule has 0 N–H and O–H groups in total. The highest BCUT2D eigenvalue weighted by molar-refractivity contribution is 7.92. The van der Waals surface area contributed by atoms with Gasteiger partial charge in [-0.05, 0) is 79.8 Å². The highest BCUT2D eigenvalue weighted by Gasteiger charge is 2.29. The molecule has 0 unspecified atom stereocenters. The molecular formula is C28H31FN4O2S2. The molecule has 3 aromatic carbocycles. The zero-order chi connectivity index (χ0) is 26.0. The fourth-order valence-electron chi connectivity index (χ4n) is 4.91. The van der Waals surface area contributed by atoms with Crippen molar-refractivity contribution in [2.24, 2.45) is 0 Å². The number of halogens is 1. The highest BCUT2D eigenvalue weighted by Crippen LogP contribution is 2.31. The summed E-state index contributed by atoms with van der Waals surface area (Å²) in [6.07, 6.45) is 0.734. The quantitative estimate of drug-likeness (QED) is 0.301. The second-order valence-corrected chi connectivity index (χ2v) is 12.2. The van der Waals surface area contributed by atoms with E-state index in [9.17, 15) is 12.8 Å². The molecule has 0 spiro atoms. The average molecular weight is 539 g/mol. The summed E-state index contributed by atoms with van der Waals surface area (Å²) in [6, 6.07) is 20.8.